The highest BCUT2D eigenvalue weighted by Gasteiger charge is 2.05. The molecular weight excluding hydrogens is 310 g/mol. The molecule has 0 heterocycles. The average Bonchev–Trinajstić information content (AvgIpc) is 2.41. The van der Waals surface area contributed by atoms with E-state index < -0.39 is 6.10 Å². The van der Waals surface area contributed by atoms with E-state index in [1.165, 1.54) is 0 Å². The van der Waals surface area contributed by atoms with Gasteiger partial charge in [-0.3, -0.25) is 0 Å². The first kappa shape index (κ1) is 16.3. The Labute approximate surface area is 123 Å². The second kappa shape index (κ2) is 9.18. The summed E-state index contributed by atoms with van der Waals surface area (Å²) < 4.78 is 11.4. The molecule has 4 nitrogen and oxygen atoms in total. The van der Waals surface area contributed by atoms with E-state index in [1.54, 1.807) is 7.11 Å². The van der Waals surface area contributed by atoms with Crippen LogP contribution in [0.4, 0.5) is 5.69 Å². The minimum absolute atomic E-state index is 0.365. The van der Waals surface area contributed by atoms with Crippen molar-refractivity contribution >= 4 is 21.6 Å². The van der Waals surface area contributed by atoms with Crippen LogP contribution in [-0.2, 0) is 4.74 Å². The molecule has 0 amide bonds. The molecule has 0 radical (unpaired) electrons. The van der Waals surface area contributed by atoms with Crippen molar-refractivity contribution in [3.8, 4) is 5.75 Å². The van der Waals surface area contributed by atoms with Crippen molar-refractivity contribution in [3.05, 3.63) is 22.7 Å². The summed E-state index contributed by atoms with van der Waals surface area (Å²) in [5, 5.41) is 12.9. The van der Waals surface area contributed by atoms with Gasteiger partial charge >= 0.3 is 0 Å². The molecule has 1 aromatic carbocycles. The smallest absolute Gasteiger partial charge is 0.133 e. The van der Waals surface area contributed by atoms with Gasteiger partial charge in [-0.2, -0.15) is 0 Å². The van der Waals surface area contributed by atoms with Crippen LogP contribution in [0.1, 0.15) is 19.8 Å². The van der Waals surface area contributed by atoms with Gasteiger partial charge in [0.25, 0.3) is 0 Å². The number of halogens is 1. The number of unbranched alkanes of at least 4 members (excludes halogenated alkanes) is 1. The maximum absolute atomic E-state index is 9.76. The van der Waals surface area contributed by atoms with Crippen LogP contribution in [0.2, 0.25) is 0 Å². The fourth-order valence-electron chi connectivity index (χ4n) is 1.54. The highest BCUT2D eigenvalue weighted by atomic mass is 79.9. The standard InChI is InChI=1S/C14H22BrNO3/c1-3-4-7-19-10-12(17)9-16-11-5-6-14(18-2)13(15)8-11/h5-6,8,12,16-17H,3-4,7,9-10H2,1-2H3. The quantitative estimate of drug-likeness (QED) is 0.683. The maximum Gasteiger partial charge on any atom is 0.133 e. The molecular formula is C14H22BrNO3. The first-order chi connectivity index (χ1) is 9.17. The monoisotopic (exact) mass is 331 g/mol. The third kappa shape index (κ3) is 6.27. The normalized spacial score (nSPS) is 12.2. The van der Waals surface area contributed by atoms with Crippen molar-refractivity contribution in [2.45, 2.75) is 25.9 Å². The predicted octanol–water partition coefficient (Wildman–Crippen LogP) is 3.05. The van der Waals surface area contributed by atoms with E-state index in [-0.39, 0.29) is 0 Å². The van der Waals surface area contributed by atoms with Gasteiger partial charge in [-0.1, -0.05) is 13.3 Å². The zero-order valence-electron chi connectivity index (χ0n) is 11.5. The van der Waals surface area contributed by atoms with Gasteiger partial charge in [0.1, 0.15) is 5.75 Å². The minimum Gasteiger partial charge on any atom is -0.496 e. The molecule has 1 atom stereocenters. The van der Waals surface area contributed by atoms with Crippen LogP contribution in [0, 0.1) is 0 Å². The third-order valence-electron chi connectivity index (χ3n) is 2.65. The van der Waals surface area contributed by atoms with Gasteiger partial charge in [-0.25, -0.2) is 0 Å². The molecule has 0 aromatic heterocycles. The SMILES string of the molecule is CCCCOCC(O)CNc1ccc(OC)c(Br)c1. The molecule has 19 heavy (non-hydrogen) atoms. The number of ether oxygens (including phenoxy) is 2. The van der Waals surface area contributed by atoms with E-state index in [9.17, 15) is 5.11 Å². The number of aliphatic hydroxyl groups is 1. The molecule has 0 aliphatic rings. The lowest BCUT2D eigenvalue weighted by molar-refractivity contribution is 0.0422. The second-order valence-electron chi connectivity index (χ2n) is 4.31. The van der Waals surface area contributed by atoms with Crippen LogP contribution in [-0.4, -0.2) is 38.1 Å². The van der Waals surface area contributed by atoms with Crippen LogP contribution in [0.15, 0.2) is 22.7 Å². The van der Waals surface area contributed by atoms with Gasteiger partial charge in [0.2, 0.25) is 0 Å². The van der Waals surface area contributed by atoms with Crippen LogP contribution >= 0.6 is 15.9 Å². The van der Waals surface area contributed by atoms with Crippen LogP contribution in [0.25, 0.3) is 0 Å². The molecule has 0 saturated carbocycles. The lowest BCUT2D eigenvalue weighted by Gasteiger charge is -2.14. The Hall–Kier alpha value is -0.780. The molecule has 0 spiro atoms. The van der Waals surface area contributed by atoms with Crippen molar-refractivity contribution < 1.29 is 14.6 Å². The summed E-state index contributed by atoms with van der Waals surface area (Å²) in [6.07, 6.45) is 1.64. The van der Waals surface area contributed by atoms with E-state index in [1.807, 2.05) is 18.2 Å². The van der Waals surface area contributed by atoms with E-state index in [2.05, 4.69) is 28.2 Å². The largest absolute Gasteiger partial charge is 0.496 e. The number of nitrogens with one attached hydrogen (secondary N) is 1. The highest BCUT2D eigenvalue weighted by molar-refractivity contribution is 9.10. The summed E-state index contributed by atoms with van der Waals surface area (Å²) in [6.45, 7) is 3.65. The molecule has 0 fully saturated rings. The number of aliphatic hydroxyl groups excluding tert-OH is 1. The van der Waals surface area contributed by atoms with Crippen LogP contribution < -0.4 is 10.1 Å². The average molecular weight is 332 g/mol. The molecule has 0 saturated heterocycles. The Morgan fingerprint density at radius 2 is 2.21 bits per heavy atom. The summed E-state index contributed by atoms with van der Waals surface area (Å²) in [4.78, 5) is 0. The van der Waals surface area contributed by atoms with Crippen molar-refractivity contribution in [2.75, 3.05) is 32.2 Å². The number of benzene rings is 1. The molecule has 0 bridgehead atoms. The van der Waals surface area contributed by atoms with Gasteiger partial charge in [-0.15, -0.1) is 0 Å². The van der Waals surface area contributed by atoms with Gasteiger partial charge < -0.3 is 19.9 Å². The third-order valence-corrected chi connectivity index (χ3v) is 3.27. The number of hydrogen-bond acceptors (Lipinski definition) is 4. The molecule has 0 aliphatic heterocycles. The summed E-state index contributed by atoms with van der Waals surface area (Å²) in [7, 11) is 1.63. The summed E-state index contributed by atoms with van der Waals surface area (Å²) in [5.74, 6) is 0.786. The summed E-state index contributed by atoms with van der Waals surface area (Å²) >= 11 is 3.42. The Kier molecular flexibility index (Phi) is 7.86. The molecule has 0 aliphatic carbocycles. The lowest BCUT2D eigenvalue weighted by Crippen LogP contribution is -2.25. The second-order valence-corrected chi connectivity index (χ2v) is 5.17. The number of hydrogen-bond donors (Lipinski definition) is 2. The Bertz CT molecular complexity index is 374. The number of anilines is 1. The molecule has 1 rings (SSSR count). The van der Waals surface area contributed by atoms with E-state index in [0.29, 0.717) is 19.8 Å². The highest BCUT2D eigenvalue weighted by Crippen LogP contribution is 2.27. The fraction of sp³-hybridized carbons (Fsp3) is 0.571. The van der Waals surface area contributed by atoms with E-state index in [0.717, 1.165) is 28.8 Å². The van der Waals surface area contributed by atoms with E-state index in [4.69, 9.17) is 9.47 Å². The van der Waals surface area contributed by atoms with Crippen LogP contribution in [0.3, 0.4) is 0 Å². The fourth-order valence-corrected chi connectivity index (χ4v) is 2.08. The Morgan fingerprint density at radius 1 is 1.42 bits per heavy atom. The van der Waals surface area contributed by atoms with Gasteiger partial charge in [0.05, 0.1) is 24.3 Å². The van der Waals surface area contributed by atoms with Crippen molar-refractivity contribution in [1.29, 1.82) is 0 Å². The molecule has 1 unspecified atom stereocenters. The molecule has 5 heteroatoms. The predicted molar refractivity (Wildman–Crippen MR) is 80.9 cm³/mol. The topological polar surface area (TPSA) is 50.7 Å². The zero-order valence-corrected chi connectivity index (χ0v) is 13.1. The Morgan fingerprint density at radius 3 is 2.84 bits per heavy atom. The minimum atomic E-state index is -0.502. The number of rotatable bonds is 9. The van der Waals surface area contributed by atoms with Crippen molar-refractivity contribution in [1.82, 2.24) is 0 Å². The van der Waals surface area contributed by atoms with Gasteiger partial charge in [-0.05, 0) is 40.5 Å². The Balaban J connectivity index is 2.29. The number of methoxy groups -OCH3 is 1. The van der Waals surface area contributed by atoms with Gasteiger partial charge in [0, 0.05) is 18.8 Å². The van der Waals surface area contributed by atoms with Crippen LogP contribution in [0.5, 0.6) is 5.75 Å². The lowest BCUT2D eigenvalue weighted by atomic mass is 10.3. The molecule has 108 valence electrons. The zero-order chi connectivity index (χ0) is 14.1. The van der Waals surface area contributed by atoms with Crippen molar-refractivity contribution in [3.63, 3.8) is 0 Å². The first-order valence-corrected chi connectivity index (χ1v) is 7.30. The first-order valence-electron chi connectivity index (χ1n) is 6.50. The van der Waals surface area contributed by atoms with Gasteiger partial charge in [0.15, 0.2) is 0 Å². The summed E-state index contributed by atoms with van der Waals surface area (Å²) in [5.41, 5.74) is 0.931. The molecule has 2 N–H and O–H groups in total. The summed E-state index contributed by atoms with van der Waals surface area (Å²) in [6, 6.07) is 5.70. The van der Waals surface area contributed by atoms with Crippen molar-refractivity contribution in [2.24, 2.45) is 0 Å². The molecule has 1 aromatic rings. The maximum atomic E-state index is 9.76. The van der Waals surface area contributed by atoms with E-state index >= 15 is 0 Å².